The first-order valence-corrected chi connectivity index (χ1v) is 8.86. The molecule has 2 aromatic carbocycles. The first kappa shape index (κ1) is 18.4. The number of rotatable bonds is 4. The quantitative estimate of drug-likeness (QED) is 0.559. The van der Waals surface area contributed by atoms with Crippen LogP contribution in [0.2, 0.25) is 0 Å². The molecule has 0 aliphatic heterocycles. The van der Waals surface area contributed by atoms with Crippen molar-refractivity contribution in [3.05, 3.63) is 100 Å². The van der Waals surface area contributed by atoms with Gasteiger partial charge in [0, 0.05) is 11.9 Å². The second-order valence-corrected chi connectivity index (χ2v) is 6.44. The third kappa shape index (κ3) is 3.58. The molecule has 2 heterocycles. The fourth-order valence-corrected chi connectivity index (χ4v) is 3.14. The number of anilines is 1. The summed E-state index contributed by atoms with van der Waals surface area (Å²) in [6, 6.07) is 17.7. The van der Waals surface area contributed by atoms with Crippen molar-refractivity contribution >= 4 is 22.6 Å². The van der Waals surface area contributed by atoms with Crippen LogP contribution in [-0.4, -0.2) is 20.6 Å². The number of hydrogen-bond acceptors (Lipinski definition) is 4. The molecule has 0 spiro atoms. The molecule has 29 heavy (non-hydrogen) atoms. The lowest BCUT2D eigenvalue weighted by molar-refractivity contribution is 0.102. The SMILES string of the molecule is O=C(Nc1cccc(F)c1)c1c(O)c2cccnc2n(Cc2ccccc2)c1=O. The molecule has 0 aliphatic rings. The van der Waals surface area contributed by atoms with Gasteiger partial charge in [0.05, 0.1) is 11.9 Å². The highest BCUT2D eigenvalue weighted by atomic mass is 19.1. The minimum atomic E-state index is -0.828. The Bertz CT molecular complexity index is 1270. The van der Waals surface area contributed by atoms with E-state index < -0.39 is 28.6 Å². The molecule has 0 saturated carbocycles. The molecule has 4 aromatic rings. The van der Waals surface area contributed by atoms with E-state index in [2.05, 4.69) is 10.3 Å². The Morgan fingerprint density at radius 1 is 1.07 bits per heavy atom. The van der Waals surface area contributed by atoms with Gasteiger partial charge in [0.15, 0.2) is 0 Å². The number of carbonyl (C=O) groups excluding carboxylic acids is 1. The lowest BCUT2D eigenvalue weighted by atomic mass is 10.1. The number of amides is 1. The number of fused-ring (bicyclic) bond motifs is 1. The predicted molar refractivity (Wildman–Crippen MR) is 108 cm³/mol. The molecule has 2 aromatic heterocycles. The number of nitrogens with zero attached hydrogens (tertiary/aromatic N) is 2. The van der Waals surface area contributed by atoms with Crippen LogP contribution in [0.25, 0.3) is 11.0 Å². The highest BCUT2D eigenvalue weighted by Gasteiger charge is 2.23. The average molecular weight is 389 g/mol. The van der Waals surface area contributed by atoms with E-state index >= 15 is 0 Å². The van der Waals surface area contributed by atoms with Gasteiger partial charge in [0.1, 0.15) is 22.8 Å². The molecular formula is C22H16FN3O3. The van der Waals surface area contributed by atoms with Crippen LogP contribution >= 0.6 is 0 Å². The van der Waals surface area contributed by atoms with E-state index in [4.69, 9.17) is 0 Å². The summed E-state index contributed by atoms with van der Waals surface area (Å²) in [5.74, 6) is -1.82. The second-order valence-electron chi connectivity index (χ2n) is 6.44. The number of aromatic hydroxyl groups is 1. The van der Waals surface area contributed by atoms with E-state index in [1.165, 1.54) is 29.0 Å². The van der Waals surface area contributed by atoms with Gasteiger partial charge in [-0.3, -0.25) is 14.2 Å². The smallest absolute Gasteiger partial charge is 0.269 e. The molecule has 0 atom stereocenters. The molecule has 0 aliphatic carbocycles. The van der Waals surface area contributed by atoms with E-state index in [1.54, 1.807) is 12.1 Å². The topological polar surface area (TPSA) is 84.2 Å². The van der Waals surface area contributed by atoms with E-state index in [9.17, 15) is 19.1 Å². The van der Waals surface area contributed by atoms with Crippen molar-refractivity contribution in [1.82, 2.24) is 9.55 Å². The largest absolute Gasteiger partial charge is 0.506 e. The zero-order valence-electron chi connectivity index (χ0n) is 15.2. The zero-order chi connectivity index (χ0) is 20.4. The molecule has 4 rings (SSSR count). The van der Waals surface area contributed by atoms with E-state index in [1.807, 2.05) is 30.3 Å². The number of benzene rings is 2. The second kappa shape index (κ2) is 7.55. The van der Waals surface area contributed by atoms with Crippen LogP contribution in [-0.2, 0) is 6.54 Å². The molecule has 0 unspecified atom stereocenters. The van der Waals surface area contributed by atoms with Crippen molar-refractivity contribution in [2.45, 2.75) is 6.54 Å². The maximum Gasteiger partial charge on any atom is 0.269 e. The molecule has 0 fully saturated rings. The highest BCUT2D eigenvalue weighted by molar-refractivity contribution is 6.08. The van der Waals surface area contributed by atoms with Gasteiger partial charge in [-0.25, -0.2) is 9.37 Å². The number of carbonyl (C=O) groups is 1. The van der Waals surface area contributed by atoms with Crippen molar-refractivity contribution in [3.8, 4) is 5.75 Å². The van der Waals surface area contributed by atoms with Crippen molar-refractivity contribution in [2.24, 2.45) is 0 Å². The summed E-state index contributed by atoms with van der Waals surface area (Å²) in [5, 5.41) is 13.4. The van der Waals surface area contributed by atoms with Crippen LogP contribution in [0.3, 0.4) is 0 Å². The maximum absolute atomic E-state index is 13.4. The first-order chi connectivity index (χ1) is 14.0. The van der Waals surface area contributed by atoms with Gasteiger partial charge in [0.25, 0.3) is 11.5 Å². The van der Waals surface area contributed by atoms with Gasteiger partial charge in [-0.2, -0.15) is 0 Å². The van der Waals surface area contributed by atoms with Crippen molar-refractivity contribution in [1.29, 1.82) is 0 Å². The van der Waals surface area contributed by atoms with E-state index in [-0.39, 0.29) is 23.3 Å². The number of halogens is 1. The van der Waals surface area contributed by atoms with E-state index in [0.717, 1.165) is 11.6 Å². The number of hydrogen-bond donors (Lipinski definition) is 2. The predicted octanol–water partition coefficient (Wildman–Crippen LogP) is 3.54. The highest BCUT2D eigenvalue weighted by Crippen LogP contribution is 2.26. The minimum absolute atomic E-state index is 0.174. The fraction of sp³-hybridized carbons (Fsp3) is 0.0455. The van der Waals surface area contributed by atoms with Crippen LogP contribution in [0.4, 0.5) is 10.1 Å². The summed E-state index contributed by atoms with van der Waals surface area (Å²) >= 11 is 0. The number of aromatic nitrogens is 2. The summed E-state index contributed by atoms with van der Waals surface area (Å²) in [5.41, 5.74) is 0.164. The van der Waals surface area contributed by atoms with Gasteiger partial charge in [-0.15, -0.1) is 0 Å². The summed E-state index contributed by atoms with van der Waals surface area (Å²) in [4.78, 5) is 30.1. The third-order valence-electron chi connectivity index (χ3n) is 4.49. The summed E-state index contributed by atoms with van der Waals surface area (Å²) in [6.07, 6.45) is 1.51. The number of pyridine rings is 2. The van der Waals surface area contributed by atoms with Gasteiger partial charge in [0.2, 0.25) is 0 Å². The Hall–Kier alpha value is -4.00. The monoisotopic (exact) mass is 389 g/mol. The van der Waals surface area contributed by atoms with Crippen molar-refractivity contribution in [3.63, 3.8) is 0 Å². The molecule has 1 amide bonds. The zero-order valence-corrected chi connectivity index (χ0v) is 15.2. The maximum atomic E-state index is 13.4. The Morgan fingerprint density at radius 3 is 2.62 bits per heavy atom. The van der Waals surface area contributed by atoms with Crippen LogP contribution in [0.5, 0.6) is 5.75 Å². The minimum Gasteiger partial charge on any atom is -0.506 e. The summed E-state index contributed by atoms with van der Waals surface area (Å²) < 4.78 is 14.8. The fourth-order valence-electron chi connectivity index (χ4n) is 3.14. The molecular weight excluding hydrogens is 373 g/mol. The Balaban J connectivity index is 1.85. The Labute approximate surface area is 164 Å². The third-order valence-corrected chi connectivity index (χ3v) is 4.49. The van der Waals surface area contributed by atoms with Crippen LogP contribution in [0.15, 0.2) is 77.7 Å². The van der Waals surface area contributed by atoms with Gasteiger partial charge in [-0.05, 0) is 35.9 Å². The summed E-state index contributed by atoms with van der Waals surface area (Å²) in [6.45, 7) is 0.174. The van der Waals surface area contributed by atoms with Crippen LogP contribution < -0.4 is 10.9 Å². The molecule has 6 nitrogen and oxygen atoms in total. The Kier molecular flexibility index (Phi) is 4.78. The average Bonchev–Trinajstić information content (AvgIpc) is 2.72. The molecule has 144 valence electrons. The Morgan fingerprint density at radius 2 is 1.86 bits per heavy atom. The van der Waals surface area contributed by atoms with Gasteiger partial charge >= 0.3 is 0 Å². The molecule has 0 radical (unpaired) electrons. The molecule has 0 saturated heterocycles. The molecule has 7 heteroatoms. The van der Waals surface area contributed by atoms with Crippen molar-refractivity contribution in [2.75, 3.05) is 5.32 Å². The van der Waals surface area contributed by atoms with Crippen LogP contribution in [0, 0.1) is 5.82 Å². The van der Waals surface area contributed by atoms with Crippen molar-refractivity contribution < 1.29 is 14.3 Å². The van der Waals surface area contributed by atoms with Gasteiger partial charge < -0.3 is 10.4 Å². The summed E-state index contributed by atoms with van der Waals surface area (Å²) in [7, 11) is 0. The normalized spacial score (nSPS) is 10.8. The lowest BCUT2D eigenvalue weighted by Gasteiger charge is -2.14. The molecule has 2 N–H and O–H groups in total. The standard InChI is InChI=1S/C22H16FN3O3/c23-15-8-4-9-16(12-15)25-21(28)18-19(27)17-10-5-11-24-20(17)26(22(18)29)13-14-6-2-1-3-7-14/h1-12,27H,13H2,(H,25,28). The van der Waals surface area contributed by atoms with Gasteiger partial charge in [-0.1, -0.05) is 36.4 Å². The first-order valence-electron chi connectivity index (χ1n) is 8.86. The lowest BCUT2D eigenvalue weighted by Crippen LogP contribution is -2.30. The molecule has 0 bridgehead atoms. The van der Waals surface area contributed by atoms with Crippen LogP contribution in [0.1, 0.15) is 15.9 Å². The van der Waals surface area contributed by atoms with E-state index in [0.29, 0.717) is 0 Å². The number of nitrogens with one attached hydrogen (secondary N) is 1.